The van der Waals surface area contributed by atoms with E-state index in [0.29, 0.717) is 11.3 Å². The molecule has 1 aliphatic rings. The average Bonchev–Trinajstić information content (AvgIpc) is 2.36. The van der Waals surface area contributed by atoms with Crippen molar-refractivity contribution in [2.24, 2.45) is 0 Å². The van der Waals surface area contributed by atoms with Crippen LogP contribution >= 0.6 is 0 Å². The van der Waals surface area contributed by atoms with Crippen LogP contribution in [0.1, 0.15) is 35.3 Å². The highest BCUT2D eigenvalue weighted by atomic mass is 16.5. The van der Waals surface area contributed by atoms with Crippen LogP contribution in [-0.4, -0.2) is 49.1 Å². The summed E-state index contributed by atoms with van der Waals surface area (Å²) in [5.74, 6) is 0.466. The number of likely N-dealkylation sites (N-methyl/N-ethyl adjacent to an activating group) is 1. The van der Waals surface area contributed by atoms with E-state index in [4.69, 9.17) is 4.74 Å². The van der Waals surface area contributed by atoms with E-state index in [2.05, 4.69) is 29.3 Å². The van der Waals surface area contributed by atoms with Crippen LogP contribution in [0.4, 0.5) is 5.82 Å². The summed E-state index contributed by atoms with van der Waals surface area (Å²) in [7, 11) is 5.63. The Balaban J connectivity index is 2.04. The number of ether oxygens (including phenoxy) is 1. The van der Waals surface area contributed by atoms with Gasteiger partial charge in [-0.2, -0.15) is 0 Å². The number of aryl methyl sites for hydroxylation is 1. The normalized spacial score (nSPS) is 16.6. The second-order valence-corrected chi connectivity index (χ2v) is 5.65. The molecule has 1 fully saturated rings. The molecule has 5 nitrogen and oxygen atoms in total. The zero-order valence-corrected chi connectivity index (χ0v) is 12.7. The van der Waals surface area contributed by atoms with Crippen molar-refractivity contribution in [3.8, 4) is 0 Å². The minimum absolute atomic E-state index is 0.247. The number of hydrogen-bond acceptors (Lipinski definition) is 5. The minimum atomic E-state index is -0.342. The highest BCUT2D eigenvalue weighted by Crippen LogP contribution is 2.36. The van der Waals surface area contributed by atoms with E-state index in [0.717, 1.165) is 12.4 Å². The van der Waals surface area contributed by atoms with Crippen molar-refractivity contribution < 1.29 is 9.53 Å². The molecule has 1 heterocycles. The van der Waals surface area contributed by atoms with Crippen molar-refractivity contribution in [1.29, 1.82) is 0 Å². The lowest BCUT2D eigenvalue weighted by molar-refractivity contribution is 0.0599. The van der Waals surface area contributed by atoms with Gasteiger partial charge in [0.2, 0.25) is 0 Å². The van der Waals surface area contributed by atoms with Gasteiger partial charge in [0.15, 0.2) is 0 Å². The van der Waals surface area contributed by atoms with Gasteiger partial charge in [-0.05, 0) is 52.4 Å². The maximum atomic E-state index is 11.5. The number of nitrogens with zero attached hydrogens (tertiary/aromatic N) is 2. The Morgan fingerprint density at radius 3 is 2.60 bits per heavy atom. The van der Waals surface area contributed by atoms with E-state index in [1.54, 1.807) is 6.07 Å². The van der Waals surface area contributed by atoms with Gasteiger partial charge in [0.25, 0.3) is 0 Å². The Morgan fingerprint density at radius 2 is 2.15 bits per heavy atom. The zero-order chi connectivity index (χ0) is 14.8. The number of nitrogens with one attached hydrogen (secondary N) is 1. The van der Waals surface area contributed by atoms with Gasteiger partial charge in [0, 0.05) is 12.1 Å². The molecule has 2 rings (SSSR count). The number of methoxy groups -OCH3 is 1. The van der Waals surface area contributed by atoms with Gasteiger partial charge in [-0.25, -0.2) is 9.78 Å². The number of esters is 1. The third-order valence-electron chi connectivity index (χ3n) is 4.32. The van der Waals surface area contributed by atoms with Crippen molar-refractivity contribution in [3.63, 3.8) is 0 Å². The molecule has 1 aromatic rings. The summed E-state index contributed by atoms with van der Waals surface area (Å²) in [5, 5.41) is 3.39. The first-order valence-corrected chi connectivity index (χ1v) is 6.96. The van der Waals surface area contributed by atoms with E-state index in [9.17, 15) is 4.79 Å². The maximum Gasteiger partial charge on any atom is 0.339 e. The molecule has 0 spiro atoms. The standard InChI is InChI=1S/C15H23N3O2/c1-11-12(14(19)20-4)6-7-13(17-11)16-10-15(18(2)3)8-5-9-15/h6-7H,5,8-10H2,1-4H3,(H,16,17). The van der Waals surface area contributed by atoms with Gasteiger partial charge in [0.1, 0.15) is 5.82 Å². The number of rotatable bonds is 5. The number of hydrogen-bond donors (Lipinski definition) is 1. The molecule has 0 bridgehead atoms. The Bertz CT molecular complexity index is 496. The Morgan fingerprint density at radius 1 is 1.45 bits per heavy atom. The number of carbonyl (C=O) groups is 1. The largest absolute Gasteiger partial charge is 0.465 e. The molecule has 1 N–H and O–H groups in total. The summed E-state index contributed by atoms with van der Waals surface area (Å²) in [6.45, 7) is 2.70. The van der Waals surface area contributed by atoms with Crippen molar-refractivity contribution in [2.45, 2.75) is 31.7 Å². The third kappa shape index (κ3) is 2.77. The fraction of sp³-hybridized carbons (Fsp3) is 0.600. The molecule has 0 unspecified atom stereocenters. The van der Waals surface area contributed by atoms with Crippen LogP contribution in [0.2, 0.25) is 0 Å². The van der Waals surface area contributed by atoms with E-state index >= 15 is 0 Å². The van der Waals surface area contributed by atoms with Crippen LogP contribution in [0.25, 0.3) is 0 Å². The average molecular weight is 277 g/mol. The molecule has 0 aromatic carbocycles. The molecular weight excluding hydrogens is 254 g/mol. The second-order valence-electron chi connectivity index (χ2n) is 5.65. The second kappa shape index (κ2) is 5.79. The van der Waals surface area contributed by atoms with Crippen molar-refractivity contribution in [1.82, 2.24) is 9.88 Å². The quantitative estimate of drug-likeness (QED) is 0.835. The number of anilines is 1. The molecule has 1 aromatic heterocycles. The molecule has 0 aliphatic heterocycles. The summed E-state index contributed by atoms with van der Waals surface area (Å²) in [6.07, 6.45) is 3.71. The highest BCUT2D eigenvalue weighted by Gasteiger charge is 2.38. The first-order valence-electron chi connectivity index (χ1n) is 6.96. The van der Waals surface area contributed by atoms with Gasteiger partial charge in [-0.3, -0.25) is 0 Å². The van der Waals surface area contributed by atoms with Crippen LogP contribution in [0.5, 0.6) is 0 Å². The molecule has 0 radical (unpaired) electrons. The number of aromatic nitrogens is 1. The first kappa shape index (κ1) is 14.8. The van der Waals surface area contributed by atoms with Gasteiger partial charge in [-0.15, -0.1) is 0 Å². The molecule has 1 aliphatic carbocycles. The van der Waals surface area contributed by atoms with Gasteiger partial charge >= 0.3 is 5.97 Å². The third-order valence-corrected chi connectivity index (χ3v) is 4.32. The molecule has 20 heavy (non-hydrogen) atoms. The molecule has 110 valence electrons. The summed E-state index contributed by atoms with van der Waals surface area (Å²) in [5.41, 5.74) is 1.45. The molecule has 0 amide bonds. The molecule has 1 saturated carbocycles. The Labute approximate surface area is 120 Å². The highest BCUT2D eigenvalue weighted by molar-refractivity contribution is 5.90. The van der Waals surface area contributed by atoms with E-state index in [-0.39, 0.29) is 11.5 Å². The molecule has 5 heteroatoms. The topological polar surface area (TPSA) is 54.5 Å². The lowest BCUT2D eigenvalue weighted by Crippen LogP contribution is -2.54. The summed E-state index contributed by atoms with van der Waals surface area (Å²) < 4.78 is 4.72. The van der Waals surface area contributed by atoms with Crippen LogP contribution in [0.15, 0.2) is 12.1 Å². The number of pyridine rings is 1. The van der Waals surface area contributed by atoms with Gasteiger partial charge < -0.3 is 15.0 Å². The van der Waals surface area contributed by atoms with Gasteiger partial charge in [-0.1, -0.05) is 0 Å². The summed E-state index contributed by atoms with van der Waals surface area (Å²) in [4.78, 5) is 18.2. The predicted octanol–water partition coefficient (Wildman–Crippen LogP) is 2.07. The summed E-state index contributed by atoms with van der Waals surface area (Å²) in [6, 6.07) is 3.60. The summed E-state index contributed by atoms with van der Waals surface area (Å²) >= 11 is 0. The predicted molar refractivity (Wildman–Crippen MR) is 79.1 cm³/mol. The van der Waals surface area contributed by atoms with Crippen LogP contribution < -0.4 is 5.32 Å². The monoisotopic (exact) mass is 277 g/mol. The van der Waals surface area contributed by atoms with E-state index < -0.39 is 0 Å². The van der Waals surface area contributed by atoms with Crippen LogP contribution in [-0.2, 0) is 4.74 Å². The fourth-order valence-electron chi connectivity index (χ4n) is 2.61. The zero-order valence-electron chi connectivity index (χ0n) is 12.7. The molecular formula is C15H23N3O2. The van der Waals surface area contributed by atoms with Crippen molar-refractivity contribution >= 4 is 11.8 Å². The molecule has 0 atom stereocenters. The van der Waals surface area contributed by atoms with Crippen LogP contribution in [0, 0.1) is 6.92 Å². The lowest BCUT2D eigenvalue weighted by atomic mass is 9.75. The van der Waals surface area contributed by atoms with E-state index in [1.165, 1.54) is 26.4 Å². The van der Waals surface area contributed by atoms with Gasteiger partial charge in [0.05, 0.1) is 18.4 Å². The lowest BCUT2D eigenvalue weighted by Gasteiger charge is -2.47. The minimum Gasteiger partial charge on any atom is -0.465 e. The fourth-order valence-corrected chi connectivity index (χ4v) is 2.61. The molecule has 0 saturated heterocycles. The Hall–Kier alpha value is -1.62. The van der Waals surface area contributed by atoms with E-state index in [1.807, 2.05) is 13.0 Å². The maximum absolute atomic E-state index is 11.5. The SMILES string of the molecule is COC(=O)c1ccc(NCC2(N(C)C)CCC2)nc1C. The van der Waals surface area contributed by atoms with Crippen LogP contribution in [0.3, 0.4) is 0 Å². The van der Waals surface area contributed by atoms with Crippen molar-refractivity contribution in [2.75, 3.05) is 33.1 Å². The van der Waals surface area contributed by atoms with Crippen molar-refractivity contribution in [3.05, 3.63) is 23.4 Å². The first-order chi connectivity index (χ1) is 9.48. The smallest absolute Gasteiger partial charge is 0.339 e. The number of carbonyl (C=O) groups excluding carboxylic acids is 1. The Kier molecular flexibility index (Phi) is 4.28.